The molecule has 2 rings (SSSR count). The topological polar surface area (TPSA) is 41.5 Å². The zero-order valence-corrected chi connectivity index (χ0v) is 18.4. The second kappa shape index (κ2) is 9.05. The van der Waals surface area contributed by atoms with Gasteiger partial charge in [0, 0.05) is 24.2 Å². The molecule has 136 valence electrons. The summed E-state index contributed by atoms with van der Waals surface area (Å²) in [6.45, 7) is -0.456. The first-order chi connectivity index (χ1) is 11.2. The fourth-order valence-corrected chi connectivity index (χ4v) is 4.29. The summed E-state index contributed by atoms with van der Waals surface area (Å²) in [5, 5.41) is 11.8. The number of aliphatic hydroxyl groups excluding tert-OH is 1. The van der Waals surface area contributed by atoms with Gasteiger partial charge in [0.1, 0.15) is 5.75 Å². The molecular weight excluding hydrogens is 617 g/mol. The lowest BCUT2D eigenvalue weighted by Gasteiger charge is -2.30. The summed E-state index contributed by atoms with van der Waals surface area (Å²) in [6, 6.07) is 3.91. The molecule has 0 spiro atoms. The minimum absolute atomic E-state index is 0.00885. The number of aliphatic hydroxyl groups is 1. The fraction of sp³-hybridized carbons (Fsp3) is 0.600. The predicted molar refractivity (Wildman–Crippen MR) is 106 cm³/mol. The summed E-state index contributed by atoms with van der Waals surface area (Å²) in [6.07, 6.45) is -3.78. The van der Waals surface area contributed by atoms with Gasteiger partial charge in [0.25, 0.3) is 0 Å². The van der Waals surface area contributed by atoms with Gasteiger partial charge in [-0.2, -0.15) is 13.2 Å². The number of nitrogens with one attached hydrogen (secondary N) is 1. The van der Waals surface area contributed by atoms with Crippen molar-refractivity contribution in [3.8, 4) is 5.75 Å². The SMILES string of the molecule is OC(CN[C@H]1CC[C@@H](Oc2cc(Br)c(I)c(I)c2)CC1)C(F)(F)F. The summed E-state index contributed by atoms with van der Waals surface area (Å²) in [5.41, 5.74) is 0. The van der Waals surface area contributed by atoms with Gasteiger partial charge in [0.05, 0.1) is 6.10 Å². The zero-order chi connectivity index (χ0) is 17.9. The number of benzene rings is 1. The van der Waals surface area contributed by atoms with Gasteiger partial charge in [-0.1, -0.05) is 0 Å². The molecule has 0 radical (unpaired) electrons. The van der Waals surface area contributed by atoms with Crippen LogP contribution in [-0.2, 0) is 0 Å². The molecule has 3 nitrogen and oxygen atoms in total. The number of alkyl halides is 3. The minimum atomic E-state index is -4.57. The van der Waals surface area contributed by atoms with E-state index in [4.69, 9.17) is 9.84 Å². The smallest absolute Gasteiger partial charge is 0.415 e. The fourth-order valence-electron chi connectivity index (χ4n) is 2.57. The largest absolute Gasteiger partial charge is 0.490 e. The maximum atomic E-state index is 12.3. The average Bonchev–Trinajstić information content (AvgIpc) is 2.50. The van der Waals surface area contributed by atoms with Crippen molar-refractivity contribution < 1.29 is 23.0 Å². The van der Waals surface area contributed by atoms with Crippen molar-refractivity contribution in [3.63, 3.8) is 0 Å². The molecule has 24 heavy (non-hydrogen) atoms. The minimum Gasteiger partial charge on any atom is -0.490 e. The third kappa shape index (κ3) is 6.13. The van der Waals surface area contributed by atoms with Crippen molar-refractivity contribution in [2.75, 3.05) is 6.54 Å². The monoisotopic (exact) mass is 633 g/mol. The summed E-state index contributed by atoms with van der Waals surface area (Å²) in [4.78, 5) is 0. The molecule has 0 amide bonds. The van der Waals surface area contributed by atoms with Crippen molar-refractivity contribution in [3.05, 3.63) is 23.7 Å². The highest BCUT2D eigenvalue weighted by atomic mass is 127. The Morgan fingerprint density at radius 2 is 1.88 bits per heavy atom. The quantitative estimate of drug-likeness (QED) is 0.360. The molecule has 2 N–H and O–H groups in total. The molecule has 1 saturated carbocycles. The first kappa shape index (κ1) is 21.0. The van der Waals surface area contributed by atoms with Crippen molar-refractivity contribution in [1.82, 2.24) is 5.32 Å². The molecule has 9 heteroatoms. The highest BCUT2D eigenvalue weighted by molar-refractivity contribution is 14.1. The van der Waals surface area contributed by atoms with Crippen molar-refractivity contribution in [2.24, 2.45) is 0 Å². The number of halogens is 6. The van der Waals surface area contributed by atoms with Crippen molar-refractivity contribution in [1.29, 1.82) is 0 Å². The first-order valence-corrected chi connectivity index (χ1v) is 10.4. The molecular formula is C15H17BrF3I2NO2. The molecule has 0 heterocycles. The van der Waals surface area contributed by atoms with Gasteiger partial charge in [-0.3, -0.25) is 0 Å². The van der Waals surface area contributed by atoms with Crippen LogP contribution in [0.15, 0.2) is 16.6 Å². The molecule has 1 aliphatic rings. The van der Waals surface area contributed by atoms with E-state index in [0.717, 1.165) is 43.0 Å². The summed E-state index contributed by atoms with van der Waals surface area (Å²) in [7, 11) is 0. The Bertz CT molecular complexity index is 543. The van der Waals surface area contributed by atoms with Crippen LogP contribution in [-0.4, -0.2) is 36.1 Å². The van der Waals surface area contributed by atoms with Crippen LogP contribution in [0, 0.1) is 7.14 Å². The van der Waals surface area contributed by atoms with E-state index < -0.39 is 18.8 Å². The average molecular weight is 634 g/mol. The second-order valence-corrected chi connectivity index (χ2v) is 8.85. The van der Waals surface area contributed by atoms with Crippen LogP contribution in [0.4, 0.5) is 13.2 Å². The lowest BCUT2D eigenvalue weighted by molar-refractivity contribution is -0.202. The third-order valence-corrected chi connectivity index (χ3v) is 8.32. The molecule has 0 saturated heterocycles. The molecule has 0 bridgehead atoms. The summed E-state index contributed by atoms with van der Waals surface area (Å²) < 4.78 is 46.1. The number of hydrogen-bond donors (Lipinski definition) is 2. The number of ether oxygens (including phenoxy) is 1. The van der Waals surface area contributed by atoms with Gasteiger partial charge >= 0.3 is 6.18 Å². The maximum Gasteiger partial charge on any atom is 0.415 e. The van der Waals surface area contributed by atoms with Gasteiger partial charge in [0.2, 0.25) is 0 Å². The lowest BCUT2D eigenvalue weighted by atomic mass is 9.93. The van der Waals surface area contributed by atoms with Gasteiger partial charge in [-0.25, -0.2) is 0 Å². The Labute approximate surface area is 174 Å². The van der Waals surface area contributed by atoms with Crippen molar-refractivity contribution >= 4 is 61.1 Å². The Morgan fingerprint density at radius 3 is 2.42 bits per heavy atom. The molecule has 1 aromatic carbocycles. The Hall–Kier alpha value is 0.670. The molecule has 0 aromatic heterocycles. The Balaban J connectivity index is 1.79. The third-order valence-electron chi connectivity index (χ3n) is 3.91. The van der Waals surface area contributed by atoms with Gasteiger partial charge in [0.15, 0.2) is 6.10 Å². The van der Waals surface area contributed by atoms with Gasteiger partial charge in [-0.15, -0.1) is 0 Å². The first-order valence-electron chi connectivity index (χ1n) is 7.46. The van der Waals surface area contributed by atoms with E-state index in [-0.39, 0.29) is 12.1 Å². The maximum absolute atomic E-state index is 12.3. The zero-order valence-electron chi connectivity index (χ0n) is 12.5. The van der Waals surface area contributed by atoms with Crippen LogP contribution in [0.5, 0.6) is 5.75 Å². The van der Waals surface area contributed by atoms with Crippen LogP contribution in [0.1, 0.15) is 25.7 Å². The molecule has 1 aliphatic carbocycles. The normalized spacial score (nSPS) is 23.1. The lowest BCUT2D eigenvalue weighted by Crippen LogP contribution is -2.44. The molecule has 0 aliphatic heterocycles. The van der Waals surface area contributed by atoms with Gasteiger partial charge in [-0.05, 0) is 98.9 Å². The summed E-state index contributed by atoms with van der Waals surface area (Å²) >= 11 is 8.02. The van der Waals surface area contributed by atoms with E-state index in [0.29, 0.717) is 0 Å². The van der Waals surface area contributed by atoms with E-state index in [1.807, 2.05) is 12.1 Å². The number of hydrogen-bond acceptors (Lipinski definition) is 3. The van der Waals surface area contributed by atoms with E-state index >= 15 is 0 Å². The van der Waals surface area contributed by atoms with Crippen molar-refractivity contribution in [2.45, 2.75) is 50.1 Å². The summed E-state index contributed by atoms with van der Waals surface area (Å²) in [5.74, 6) is 0.801. The van der Waals surface area contributed by atoms with Crippen LogP contribution >= 0.6 is 61.1 Å². The molecule has 1 fully saturated rings. The van der Waals surface area contributed by atoms with Crippen LogP contribution in [0.3, 0.4) is 0 Å². The van der Waals surface area contributed by atoms with E-state index in [1.165, 1.54) is 0 Å². The van der Waals surface area contributed by atoms with Gasteiger partial charge < -0.3 is 15.2 Å². The van der Waals surface area contributed by atoms with E-state index in [2.05, 4.69) is 66.4 Å². The van der Waals surface area contributed by atoms with Crippen LogP contribution in [0.2, 0.25) is 0 Å². The second-order valence-electron chi connectivity index (χ2n) is 5.76. The van der Waals surface area contributed by atoms with Crippen LogP contribution in [0.25, 0.3) is 0 Å². The Morgan fingerprint density at radius 1 is 1.25 bits per heavy atom. The van der Waals surface area contributed by atoms with E-state index in [9.17, 15) is 13.2 Å². The molecule has 1 atom stereocenters. The molecule has 1 aromatic rings. The highest BCUT2D eigenvalue weighted by Gasteiger charge is 2.38. The van der Waals surface area contributed by atoms with Crippen LogP contribution < -0.4 is 10.1 Å². The highest BCUT2D eigenvalue weighted by Crippen LogP contribution is 2.31. The standard InChI is InChI=1S/C15H17BrF3I2NO2/c16-11-5-10(6-12(20)14(11)21)24-9-3-1-8(2-4-9)22-7-13(23)15(17,18)19/h5-6,8-9,13,22-23H,1-4,7H2/t8-,9+,13?. The predicted octanol–water partition coefficient (Wildman–Crippen LogP) is 4.86. The number of rotatable bonds is 5. The Kier molecular flexibility index (Phi) is 7.91. The van der Waals surface area contributed by atoms with E-state index in [1.54, 1.807) is 0 Å². The molecule has 1 unspecified atom stereocenters.